The SMILES string of the molecule is CC(=O)OC1OC2CC13CC=C1C(C)(CCC4C5(C)CCC(O)C(C)(C)C5C5OC5C14C)C3CC2(C)C. The zero-order valence-electron chi connectivity index (χ0n) is 24.2. The smallest absolute Gasteiger partial charge is 0.304 e. The van der Waals surface area contributed by atoms with Crippen molar-refractivity contribution in [2.45, 2.75) is 131 Å². The van der Waals surface area contributed by atoms with Crippen LogP contribution in [0.15, 0.2) is 11.6 Å². The first-order chi connectivity index (χ1) is 17.1. The number of ether oxygens (including phenoxy) is 3. The Morgan fingerprint density at radius 2 is 1.73 bits per heavy atom. The first-order valence-electron chi connectivity index (χ1n) is 15.0. The van der Waals surface area contributed by atoms with Gasteiger partial charge >= 0.3 is 5.97 Å². The van der Waals surface area contributed by atoms with Gasteiger partial charge in [-0.2, -0.15) is 0 Å². The van der Waals surface area contributed by atoms with Crippen LogP contribution in [0.5, 0.6) is 0 Å². The summed E-state index contributed by atoms with van der Waals surface area (Å²) in [5.41, 5.74) is 1.65. The predicted octanol–water partition coefficient (Wildman–Crippen LogP) is 6.03. The maximum atomic E-state index is 12.2. The number of esters is 1. The van der Waals surface area contributed by atoms with E-state index in [9.17, 15) is 9.90 Å². The van der Waals surface area contributed by atoms with Gasteiger partial charge in [0.15, 0.2) is 0 Å². The van der Waals surface area contributed by atoms with Gasteiger partial charge in [0.1, 0.15) is 0 Å². The standard InChI is InChI=1S/C32H48O5/c1-17(33)35-26-32-14-10-18-29(6,20(32)15-27(2,3)22(16-32)36-26)12-9-19-30(7)13-11-21(34)28(4,5)24(30)23-25(37-23)31(18,19)8/h10,19-26,34H,9,11-16H2,1-8H3. The van der Waals surface area contributed by atoms with Crippen LogP contribution in [-0.2, 0) is 19.0 Å². The van der Waals surface area contributed by atoms with E-state index in [1.807, 2.05) is 0 Å². The Morgan fingerprint density at radius 3 is 2.43 bits per heavy atom. The highest BCUT2D eigenvalue weighted by Crippen LogP contribution is 2.79. The molecule has 0 aromatic carbocycles. The van der Waals surface area contributed by atoms with Gasteiger partial charge in [-0.3, -0.25) is 4.79 Å². The van der Waals surface area contributed by atoms with Crippen LogP contribution in [-0.4, -0.2) is 41.8 Å². The monoisotopic (exact) mass is 512 g/mol. The van der Waals surface area contributed by atoms with E-state index in [4.69, 9.17) is 14.2 Å². The highest BCUT2D eigenvalue weighted by Gasteiger charge is 2.78. The summed E-state index contributed by atoms with van der Waals surface area (Å²) in [7, 11) is 0. The van der Waals surface area contributed by atoms with Gasteiger partial charge in [0.2, 0.25) is 6.29 Å². The second-order valence-corrected chi connectivity index (χ2v) is 16.2. The van der Waals surface area contributed by atoms with Gasteiger partial charge in [0.25, 0.3) is 0 Å². The van der Waals surface area contributed by atoms with Crippen molar-refractivity contribution in [1.82, 2.24) is 0 Å². The molecule has 5 nitrogen and oxygen atoms in total. The molecule has 7 rings (SSSR count). The van der Waals surface area contributed by atoms with Crippen LogP contribution in [0.4, 0.5) is 0 Å². The molecule has 5 aliphatic carbocycles. The van der Waals surface area contributed by atoms with Crippen molar-refractivity contribution >= 4 is 5.97 Å². The van der Waals surface area contributed by atoms with E-state index in [2.05, 4.69) is 54.5 Å². The lowest BCUT2D eigenvalue weighted by Crippen LogP contribution is -2.66. The minimum absolute atomic E-state index is 0.0142. The van der Waals surface area contributed by atoms with Gasteiger partial charge < -0.3 is 19.3 Å². The molecule has 2 saturated heterocycles. The summed E-state index contributed by atoms with van der Waals surface area (Å²) in [6.45, 7) is 18.4. The topological polar surface area (TPSA) is 68.3 Å². The molecule has 2 aliphatic heterocycles. The Labute approximate surface area is 223 Å². The average Bonchev–Trinajstić information content (AvgIpc) is 3.51. The molecule has 0 aromatic rings. The number of allylic oxidation sites excluding steroid dienone is 1. The molecule has 6 fully saturated rings. The number of hydrogen-bond donors (Lipinski definition) is 1. The molecule has 2 bridgehead atoms. The Kier molecular flexibility index (Phi) is 4.78. The van der Waals surface area contributed by atoms with Crippen LogP contribution in [0, 0.1) is 50.2 Å². The number of aliphatic hydroxyl groups excluding tert-OH is 1. The highest BCUT2D eigenvalue weighted by molar-refractivity contribution is 5.66. The lowest BCUT2D eigenvalue weighted by Gasteiger charge is -2.68. The lowest BCUT2D eigenvalue weighted by atomic mass is 9.34. The normalized spacial score (nSPS) is 58.0. The third-order valence-electron chi connectivity index (χ3n) is 13.8. The van der Waals surface area contributed by atoms with E-state index in [1.165, 1.54) is 19.8 Å². The Bertz CT molecular complexity index is 1080. The molecule has 7 aliphatic rings. The zero-order chi connectivity index (χ0) is 26.6. The minimum Gasteiger partial charge on any atom is -0.435 e. The molecule has 12 atom stereocenters. The molecule has 12 unspecified atom stereocenters. The van der Waals surface area contributed by atoms with Crippen LogP contribution < -0.4 is 0 Å². The average molecular weight is 513 g/mol. The summed E-state index contributed by atoms with van der Waals surface area (Å²) in [6, 6.07) is 0. The first kappa shape index (κ1) is 25.1. The molecule has 0 radical (unpaired) electrons. The number of carbonyl (C=O) groups is 1. The fraction of sp³-hybridized carbons (Fsp3) is 0.906. The molecule has 37 heavy (non-hydrogen) atoms. The van der Waals surface area contributed by atoms with Gasteiger partial charge in [-0.25, -0.2) is 0 Å². The van der Waals surface area contributed by atoms with Gasteiger partial charge in [-0.15, -0.1) is 0 Å². The summed E-state index contributed by atoms with van der Waals surface area (Å²) >= 11 is 0. The van der Waals surface area contributed by atoms with E-state index in [0.717, 1.165) is 32.1 Å². The molecule has 4 saturated carbocycles. The summed E-state index contributed by atoms with van der Waals surface area (Å²) in [6.07, 6.45) is 9.88. The van der Waals surface area contributed by atoms with Gasteiger partial charge in [-0.1, -0.05) is 60.1 Å². The lowest BCUT2D eigenvalue weighted by molar-refractivity contribution is -0.203. The van der Waals surface area contributed by atoms with Crippen LogP contribution >= 0.6 is 0 Å². The van der Waals surface area contributed by atoms with Crippen molar-refractivity contribution in [2.75, 3.05) is 0 Å². The summed E-state index contributed by atoms with van der Waals surface area (Å²) in [5, 5.41) is 11.0. The maximum Gasteiger partial charge on any atom is 0.304 e. The Hall–Kier alpha value is -0.910. The quantitative estimate of drug-likeness (QED) is 0.264. The van der Waals surface area contributed by atoms with E-state index in [-0.39, 0.29) is 62.9 Å². The molecule has 1 spiro atoms. The van der Waals surface area contributed by atoms with E-state index in [0.29, 0.717) is 17.8 Å². The van der Waals surface area contributed by atoms with Gasteiger partial charge in [0, 0.05) is 23.7 Å². The third-order valence-corrected chi connectivity index (χ3v) is 13.8. The fourth-order valence-electron chi connectivity index (χ4n) is 12.1. The minimum atomic E-state index is -0.444. The van der Waals surface area contributed by atoms with Crippen molar-refractivity contribution in [3.63, 3.8) is 0 Å². The largest absolute Gasteiger partial charge is 0.435 e. The summed E-state index contributed by atoms with van der Waals surface area (Å²) < 4.78 is 19.2. The van der Waals surface area contributed by atoms with Crippen LogP contribution in [0.25, 0.3) is 0 Å². The maximum absolute atomic E-state index is 12.2. The van der Waals surface area contributed by atoms with Gasteiger partial charge in [-0.05, 0) is 78.4 Å². The predicted molar refractivity (Wildman–Crippen MR) is 140 cm³/mol. The molecular formula is C32H48O5. The molecule has 0 amide bonds. The second-order valence-electron chi connectivity index (χ2n) is 16.2. The van der Waals surface area contributed by atoms with Crippen molar-refractivity contribution in [2.24, 2.45) is 50.2 Å². The third kappa shape index (κ3) is 2.80. The Morgan fingerprint density at radius 1 is 1.00 bits per heavy atom. The molecule has 5 heteroatoms. The molecule has 1 N–H and O–H groups in total. The first-order valence-corrected chi connectivity index (χ1v) is 15.0. The van der Waals surface area contributed by atoms with Crippen LogP contribution in [0.2, 0.25) is 0 Å². The van der Waals surface area contributed by atoms with E-state index < -0.39 is 6.29 Å². The van der Waals surface area contributed by atoms with Crippen LogP contribution in [0.1, 0.15) is 100 Å². The van der Waals surface area contributed by atoms with Crippen molar-refractivity contribution < 1.29 is 24.1 Å². The van der Waals surface area contributed by atoms with Crippen molar-refractivity contribution in [3.05, 3.63) is 11.6 Å². The van der Waals surface area contributed by atoms with E-state index >= 15 is 0 Å². The van der Waals surface area contributed by atoms with Crippen molar-refractivity contribution in [1.29, 1.82) is 0 Å². The number of epoxide rings is 1. The molecule has 2 heterocycles. The molecule has 206 valence electrons. The second kappa shape index (κ2) is 7.04. The number of carbonyl (C=O) groups excluding carboxylic acids is 1. The number of fused-ring (bicyclic) bond motifs is 10. The zero-order valence-corrected chi connectivity index (χ0v) is 24.2. The van der Waals surface area contributed by atoms with Crippen molar-refractivity contribution in [3.8, 4) is 0 Å². The Balaban J connectivity index is 1.34. The summed E-state index contributed by atoms with van der Waals surface area (Å²) in [5.74, 6) is 1.14. The summed E-state index contributed by atoms with van der Waals surface area (Å²) in [4.78, 5) is 12.2. The number of hydrogen-bond acceptors (Lipinski definition) is 5. The number of aliphatic hydroxyl groups is 1. The molecular weight excluding hydrogens is 464 g/mol. The van der Waals surface area contributed by atoms with Gasteiger partial charge in [0.05, 0.1) is 24.4 Å². The number of rotatable bonds is 1. The highest BCUT2D eigenvalue weighted by atomic mass is 16.7. The fourth-order valence-corrected chi connectivity index (χ4v) is 12.1. The van der Waals surface area contributed by atoms with E-state index in [1.54, 1.807) is 5.57 Å². The van der Waals surface area contributed by atoms with Crippen LogP contribution in [0.3, 0.4) is 0 Å². The molecule has 0 aromatic heterocycles.